The first kappa shape index (κ1) is 24.1. The second-order valence-corrected chi connectivity index (χ2v) is 8.15. The van der Waals surface area contributed by atoms with E-state index in [4.69, 9.17) is 9.47 Å². The Morgan fingerprint density at radius 2 is 2.09 bits per heavy atom. The van der Waals surface area contributed by atoms with E-state index >= 15 is 0 Å². The highest BCUT2D eigenvalue weighted by Gasteiger charge is 2.25. The zero-order valence-corrected chi connectivity index (χ0v) is 19.9. The SMILES string of the molecule is CCOC(=O)N1CCc2cc(OC)c(C(=O)Nc3cccc(-c4nncn4[C@H](C)CO)n3)cc2C1. The van der Waals surface area contributed by atoms with E-state index < -0.39 is 5.91 Å². The minimum absolute atomic E-state index is 0.0762. The number of methoxy groups -OCH3 is 1. The van der Waals surface area contributed by atoms with Gasteiger partial charge in [0.1, 0.15) is 23.6 Å². The molecule has 3 heterocycles. The number of fused-ring (bicyclic) bond motifs is 1. The van der Waals surface area contributed by atoms with Crippen molar-refractivity contribution in [3.05, 3.63) is 53.3 Å². The first-order valence-electron chi connectivity index (χ1n) is 11.4. The number of hydrogen-bond acceptors (Lipinski definition) is 8. The molecule has 0 radical (unpaired) electrons. The van der Waals surface area contributed by atoms with Crippen LogP contribution in [0.5, 0.6) is 5.75 Å². The average Bonchev–Trinajstić information content (AvgIpc) is 3.37. The van der Waals surface area contributed by atoms with E-state index in [2.05, 4.69) is 20.5 Å². The van der Waals surface area contributed by atoms with E-state index in [-0.39, 0.29) is 18.7 Å². The number of ether oxygens (including phenoxy) is 2. The lowest BCUT2D eigenvalue weighted by Gasteiger charge is -2.28. The van der Waals surface area contributed by atoms with Crippen LogP contribution in [0.25, 0.3) is 11.5 Å². The number of amides is 2. The Labute approximate surface area is 202 Å². The van der Waals surface area contributed by atoms with E-state index in [9.17, 15) is 14.7 Å². The zero-order chi connectivity index (χ0) is 24.9. The molecule has 11 heteroatoms. The van der Waals surface area contributed by atoms with Gasteiger partial charge in [0.2, 0.25) is 0 Å². The molecule has 184 valence electrons. The monoisotopic (exact) mass is 480 g/mol. The molecule has 2 N–H and O–H groups in total. The summed E-state index contributed by atoms with van der Waals surface area (Å²) in [5, 5.41) is 20.3. The van der Waals surface area contributed by atoms with Gasteiger partial charge in [0.25, 0.3) is 5.91 Å². The van der Waals surface area contributed by atoms with Crippen molar-refractivity contribution in [3.63, 3.8) is 0 Å². The van der Waals surface area contributed by atoms with Crippen molar-refractivity contribution < 1.29 is 24.2 Å². The highest BCUT2D eigenvalue weighted by Crippen LogP contribution is 2.29. The van der Waals surface area contributed by atoms with E-state index in [1.54, 1.807) is 40.7 Å². The van der Waals surface area contributed by atoms with Crippen molar-refractivity contribution in [3.8, 4) is 17.3 Å². The average molecular weight is 481 g/mol. The molecule has 1 aromatic carbocycles. The molecule has 1 atom stereocenters. The van der Waals surface area contributed by atoms with Crippen LogP contribution in [0.1, 0.15) is 41.4 Å². The smallest absolute Gasteiger partial charge is 0.410 e. The highest BCUT2D eigenvalue weighted by molar-refractivity contribution is 6.06. The summed E-state index contributed by atoms with van der Waals surface area (Å²) in [6, 6.07) is 8.54. The third-order valence-electron chi connectivity index (χ3n) is 5.84. The zero-order valence-electron chi connectivity index (χ0n) is 19.9. The van der Waals surface area contributed by atoms with Crippen LogP contribution in [0, 0.1) is 0 Å². The number of benzene rings is 1. The van der Waals surface area contributed by atoms with Crippen LogP contribution in [-0.2, 0) is 17.7 Å². The maximum absolute atomic E-state index is 13.2. The molecule has 2 amide bonds. The molecule has 11 nitrogen and oxygen atoms in total. The van der Waals surface area contributed by atoms with Gasteiger partial charge in [0, 0.05) is 13.1 Å². The Morgan fingerprint density at radius 1 is 1.26 bits per heavy atom. The Bertz CT molecular complexity index is 1230. The number of carbonyl (C=O) groups is 2. The first-order valence-corrected chi connectivity index (χ1v) is 11.4. The Kier molecular flexibility index (Phi) is 7.25. The van der Waals surface area contributed by atoms with E-state index in [1.807, 2.05) is 13.0 Å². The molecule has 0 fully saturated rings. The van der Waals surface area contributed by atoms with Crippen molar-refractivity contribution in [2.45, 2.75) is 32.9 Å². The molecule has 35 heavy (non-hydrogen) atoms. The standard InChI is InChI=1S/C24H28N6O5/c1-4-35-24(33)29-9-8-16-11-20(34-3)18(10-17(16)12-29)23(32)27-21-7-5-6-19(26-21)22-28-25-14-30(22)15(2)13-31/h5-7,10-11,14-15,31H,4,8-9,12-13H2,1-3H3,(H,26,27,32)/t15-/m1/s1. The van der Waals surface area contributed by atoms with Gasteiger partial charge in [0.15, 0.2) is 5.82 Å². The molecule has 1 aliphatic rings. The minimum atomic E-state index is -0.396. The molecule has 3 aromatic rings. The number of hydrogen-bond donors (Lipinski definition) is 2. The topological polar surface area (TPSA) is 132 Å². The quantitative estimate of drug-likeness (QED) is 0.528. The van der Waals surface area contributed by atoms with Crippen molar-refractivity contribution in [1.82, 2.24) is 24.6 Å². The van der Waals surface area contributed by atoms with E-state index in [0.717, 1.165) is 11.1 Å². The van der Waals surface area contributed by atoms with Gasteiger partial charge in [-0.1, -0.05) is 6.07 Å². The molecule has 0 spiro atoms. The lowest BCUT2D eigenvalue weighted by molar-refractivity contribution is 0.102. The molecule has 0 saturated heterocycles. The van der Waals surface area contributed by atoms with Gasteiger partial charge in [-0.2, -0.15) is 0 Å². The highest BCUT2D eigenvalue weighted by atomic mass is 16.6. The lowest BCUT2D eigenvalue weighted by atomic mass is 9.96. The van der Waals surface area contributed by atoms with Crippen LogP contribution in [0.3, 0.4) is 0 Å². The summed E-state index contributed by atoms with van der Waals surface area (Å²) in [5.41, 5.74) is 2.73. The van der Waals surface area contributed by atoms with E-state index in [0.29, 0.717) is 54.8 Å². The number of nitrogens with zero attached hydrogens (tertiary/aromatic N) is 5. The van der Waals surface area contributed by atoms with Crippen LogP contribution in [-0.4, -0.2) is 68.6 Å². The summed E-state index contributed by atoms with van der Waals surface area (Å²) in [6.45, 7) is 4.72. The van der Waals surface area contributed by atoms with E-state index in [1.165, 1.54) is 13.4 Å². The van der Waals surface area contributed by atoms with Crippen molar-refractivity contribution in [2.24, 2.45) is 0 Å². The third kappa shape index (κ3) is 5.09. The molecule has 0 saturated carbocycles. The van der Waals surface area contributed by atoms with Gasteiger partial charge < -0.3 is 29.4 Å². The molecule has 4 rings (SSSR count). The summed E-state index contributed by atoms with van der Waals surface area (Å²) in [4.78, 5) is 31.5. The van der Waals surface area contributed by atoms with Gasteiger partial charge in [-0.3, -0.25) is 4.79 Å². The maximum atomic E-state index is 13.2. The Morgan fingerprint density at radius 3 is 2.83 bits per heavy atom. The van der Waals surface area contributed by atoms with Crippen LogP contribution >= 0.6 is 0 Å². The largest absolute Gasteiger partial charge is 0.496 e. The fraction of sp³-hybridized carbons (Fsp3) is 0.375. The van der Waals surface area contributed by atoms with Crippen LogP contribution in [0.4, 0.5) is 10.6 Å². The third-order valence-corrected chi connectivity index (χ3v) is 5.84. The fourth-order valence-corrected chi connectivity index (χ4v) is 3.95. The van der Waals surface area contributed by atoms with Crippen molar-refractivity contribution in [2.75, 3.05) is 32.2 Å². The summed E-state index contributed by atoms with van der Waals surface area (Å²) in [7, 11) is 1.51. The fourth-order valence-electron chi connectivity index (χ4n) is 3.95. The number of aliphatic hydroxyl groups is 1. The number of nitrogens with one attached hydrogen (secondary N) is 1. The molecule has 0 bridgehead atoms. The molecule has 0 aliphatic carbocycles. The lowest BCUT2D eigenvalue weighted by Crippen LogP contribution is -2.36. The number of aliphatic hydroxyl groups excluding tert-OH is 1. The van der Waals surface area contributed by atoms with Crippen LogP contribution < -0.4 is 10.1 Å². The number of rotatable bonds is 7. The number of carbonyl (C=O) groups excluding carboxylic acids is 2. The van der Waals surface area contributed by atoms with Crippen molar-refractivity contribution in [1.29, 1.82) is 0 Å². The van der Waals surface area contributed by atoms with Gasteiger partial charge in [-0.05, 0) is 55.7 Å². The number of aromatic nitrogens is 4. The predicted octanol–water partition coefficient (Wildman–Crippen LogP) is 2.67. The number of anilines is 1. The second-order valence-electron chi connectivity index (χ2n) is 8.15. The summed E-state index contributed by atoms with van der Waals surface area (Å²) in [6.07, 6.45) is 1.80. The molecule has 2 aromatic heterocycles. The normalized spacial score (nSPS) is 13.7. The predicted molar refractivity (Wildman–Crippen MR) is 127 cm³/mol. The minimum Gasteiger partial charge on any atom is -0.496 e. The second kappa shape index (κ2) is 10.5. The van der Waals surface area contributed by atoms with Gasteiger partial charge in [-0.25, -0.2) is 9.78 Å². The van der Waals surface area contributed by atoms with Gasteiger partial charge in [0.05, 0.1) is 31.9 Å². The Hall–Kier alpha value is -3.99. The van der Waals surface area contributed by atoms with Gasteiger partial charge in [-0.15, -0.1) is 10.2 Å². The molecular weight excluding hydrogens is 452 g/mol. The molecule has 1 aliphatic heterocycles. The summed E-state index contributed by atoms with van der Waals surface area (Å²) in [5.74, 6) is 0.853. The summed E-state index contributed by atoms with van der Waals surface area (Å²) < 4.78 is 12.3. The van der Waals surface area contributed by atoms with Crippen LogP contribution in [0.2, 0.25) is 0 Å². The molecular formula is C24H28N6O5. The van der Waals surface area contributed by atoms with Gasteiger partial charge >= 0.3 is 6.09 Å². The van der Waals surface area contributed by atoms with Crippen molar-refractivity contribution >= 4 is 17.8 Å². The van der Waals surface area contributed by atoms with Crippen LogP contribution in [0.15, 0.2) is 36.7 Å². The maximum Gasteiger partial charge on any atom is 0.410 e. The first-order chi connectivity index (χ1) is 16.9. The molecule has 0 unspecified atom stereocenters. The summed E-state index contributed by atoms with van der Waals surface area (Å²) >= 11 is 0. The Balaban J connectivity index is 1.58. The number of pyridine rings is 1.